The molecule has 3 amide bonds. The van der Waals surface area contributed by atoms with E-state index in [9.17, 15) is 19.2 Å². The molecule has 1 aliphatic heterocycles. The van der Waals surface area contributed by atoms with Crippen molar-refractivity contribution >= 4 is 29.4 Å². The van der Waals surface area contributed by atoms with Crippen molar-refractivity contribution < 1.29 is 28.7 Å². The summed E-state index contributed by atoms with van der Waals surface area (Å²) >= 11 is 0. The van der Waals surface area contributed by atoms with Crippen molar-refractivity contribution in [1.29, 1.82) is 0 Å². The molecule has 0 atom stereocenters. The van der Waals surface area contributed by atoms with E-state index in [1.165, 1.54) is 18.2 Å². The molecule has 8 heteroatoms. The van der Waals surface area contributed by atoms with E-state index in [1.807, 2.05) is 6.92 Å². The lowest BCUT2D eigenvalue weighted by atomic mass is 10.1. The Labute approximate surface area is 173 Å². The quantitative estimate of drug-likeness (QED) is 0.530. The first-order valence-electron chi connectivity index (χ1n) is 9.65. The fourth-order valence-corrected chi connectivity index (χ4v) is 3.09. The lowest BCUT2D eigenvalue weighted by molar-refractivity contribution is -0.142. The van der Waals surface area contributed by atoms with E-state index >= 15 is 0 Å². The number of imide groups is 1. The smallest absolute Gasteiger partial charge is 0.307 e. The second-order valence-corrected chi connectivity index (χ2v) is 6.44. The van der Waals surface area contributed by atoms with Crippen LogP contribution in [0.15, 0.2) is 42.5 Å². The summed E-state index contributed by atoms with van der Waals surface area (Å²) in [4.78, 5) is 50.3. The van der Waals surface area contributed by atoms with E-state index in [4.69, 9.17) is 9.47 Å². The molecule has 0 bridgehead atoms. The molecule has 0 saturated heterocycles. The van der Waals surface area contributed by atoms with Crippen LogP contribution in [0, 0.1) is 0 Å². The Bertz CT molecular complexity index is 984. The van der Waals surface area contributed by atoms with Gasteiger partial charge < -0.3 is 14.8 Å². The van der Waals surface area contributed by atoms with Crippen molar-refractivity contribution in [2.45, 2.75) is 20.3 Å². The van der Waals surface area contributed by atoms with Gasteiger partial charge in [-0.25, -0.2) is 4.90 Å². The van der Waals surface area contributed by atoms with E-state index < -0.39 is 23.7 Å². The summed E-state index contributed by atoms with van der Waals surface area (Å²) in [6.07, 6.45) is 0.0491. The molecule has 156 valence electrons. The topological polar surface area (TPSA) is 102 Å². The van der Waals surface area contributed by atoms with Gasteiger partial charge in [-0.2, -0.15) is 0 Å². The van der Waals surface area contributed by atoms with Crippen LogP contribution in [0.25, 0.3) is 0 Å². The molecular weight excluding hydrogens is 388 g/mol. The van der Waals surface area contributed by atoms with Gasteiger partial charge in [0, 0.05) is 12.1 Å². The van der Waals surface area contributed by atoms with E-state index in [1.54, 1.807) is 31.2 Å². The summed E-state index contributed by atoms with van der Waals surface area (Å²) < 4.78 is 10.2. The third-order valence-corrected chi connectivity index (χ3v) is 4.47. The van der Waals surface area contributed by atoms with Crippen LogP contribution >= 0.6 is 0 Å². The number of rotatable bonds is 8. The van der Waals surface area contributed by atoms with E-state index in [0.717, 1.165) is 4.90 Å². The maximum Gasteiger partial charge on any atom is 0.307 e. The number of hydrogen-bond donors (Lipinski definition) is 1. The van der Waals surface area contributed by atoms with E-state index in [0.29, 0.717) is 18.0 Å². The average molecular weight is 410 g/mol. The lowest BCUT2D eigenvalue weighted by Crippen LogP contribution is -2.29. The van der Waals surface area contributed by atoms with Crippen LogP contribution in [-0.4, -0.2) is 43.4 Å². The highest BCUT2D eigenvalue weighted by Crippen LogP contribution is 2.30. The summed E-state index contributed by atoms with van der Waals surface area (Å²) in [6, 6.07) is 11.0. The molecule has 0 radical (unpaired) electrons. The Morgan fingerprint density at radius 1 is 0.933 bits per heavy atom. The predicted octanol–water partition coefficient (Wildman–Crippen LogP) is 2.57. The average Bonchev–Trinajstić information content (AvgIpc) is 2.99. The molecule has 0 fully saturated rings. The molecular formula is C22H22N2O6. The third-order valence-electron chi connectivity index (χ3n) is 4.47. The van der Waals surface area contributed by atoms with Gasteiger partial charge in [-0.05, 0) is 56.3 Å². The van der Waals surface area contributed by atoms with Gasteiger partial charge in [0.1, 0.15) is 5.75 Å². The minimum absolute atomic E-state index is 0.0491. The van der Waals surface area contributed by atoms with Gasteiger partial charge >= 0.3 is 5.97 Å². The maximum absolute atomic E-state index is 12.8. The fraction of sp³-hybridized carbons (Fsp3) is 0.273. The Balaban J connectivity index is 1.73. The van der Waals surface area contributed by atoms with Crippen molar-refractivity contribution in [1.82, 2.24) is 5.32 Å². The fourth-order valence-electron chi connectivity index (χ4n) is 3.09. The van der Waals surface area contributed by atoms with Gasteiger partial charge in [0.05, 0.1) is 36.4 Å². The number of fused-ring (bicyclic) bond motifs is 1. The van der Waals surface area contributed by atoms with E-state index in [2.05, 4.69) is 5.32 Å². The number of carbonyl (C=O) groups is 4. The zero-order chi connectivity index (χ0) is 21.7. The normalized spacial score (nSPS) is 12.5. The van der Waals surface area contributed by atoms with Gasteiger partial charge in [0.25, 0.3) is 17.7 Å². The van der Waals surface area contributed by atoms with Crippen molar-refractivity contribution in [3.05, 3.63) is 59.2 Å². The number of nitrogens with one attached hydrogen (secondary N) is 1. The molecule has 1 heterocycles. The van der Waals surface area contributed by atoms with Gasteiger partial charge in [-0.1, -0.05) is 0 Å². The first-order valence-corrected chi connectivity index (χ1v) is 9.65. The number of anilines is 1. The van der Waals surface area contributed by atoms with Crippen LogP contribution in [0.5, 0.6) is 5.75 Å². The highest BCUT2D eigenvalue weighted by Gasteiger charge is 2.37. The van der Waals surface area contributed by atoms with E-state index in [-0.39, 0.29) is 36.3 Å². The summed E-state index contributed by atoms with van der Waals surface area (Å²) in [6.45, 7) is 4.47. The molecule has 0 unspecified atom stereocenters. The number of ether oxygens (including phenoxy) is 2. The molecule has 0 aliphatic carbocycles. The summed E-state index contributed by atoms with van der Waals surface area (Å²) in [5, 5.41) is 2.60. The van der Waals surface area contributed by atoms with Gasteiger partial charge in [-0.15, -0.1) is 0 Å². The van der Waals surface area contributed by atoms with Gasteiger partial charge in [-0.3, -0.25) is 19.2 Å². The molecule has 0 aromatic heterocycles. The number of hydrogen-bond acceptors (Lipinski definition) is 6. The van der Waals surface area contributed by atoms with Crippen molar-refractivity contribution in [2.75, 3.05) is 24.7 Å². The SMILES string of the molecule is CCOC(=O)CCNC(=O)c1ccc2c(c1)C(=O)N(c1ccc(OCC)cc1)C2=O. The molecule has 1 N–H and O–H groups in total. The van der Waals surface area contributed by atoms with Crippen molar-refractivity contribution in [3.63, 3.8) is 0 Å². The largest absolute Gasteiger partial charge is 0.494 e. The number of nitrogens with zero attached hydrogens (tertiary/aromatic N) is 1. The summed E-state index contributed by atoms with van der Waals surface area (Å²) in [7, 11) is 0. The summed E-state index contributed by atoms with van der Waals surface area (Å²) in [5.41, 5.74) is 1.04. The van der Waals surface area contributed by atoms with Crippen LogP contribution in [0.3, 0.4) is 0 Å². The minimum Gasteiger partial charge on any atom is -0.494 e. The third kappa shape index (κ3) is 4.32. The minimum atomic E-state index is -0.500. The Morgan fingerprint density at radius 2 is 1.63 bits per heavy atom. The lowest BCUT2D eigenvalue weighted by Gasteiger charge is -2.14. The second kappa shape index (κ2) is 9.21. The number of carbonyl (C=O) groups excluding carboxylic acids is 4. The zero-order valence-electron chi connectivity index (χ0n) is 16.8. The first kappa shape index (κ1) is 21.0. The highest BCUT2D eigenvalue weighted by atomic mass is 16.5. The molecule has 2 aromatic carbocycles. The van der Waals surface area contributed by atoms with Gasteiger partial charge in [0.15, 0.2) is 0 Å². The first-order chi connectivity index (χ1) is 14.5. The highest BCUT2D eigenvalue weighted by molar-refractivity contribution is 6.34. The molecule has 1 aliphatic rings. The number of amides is 3. The Morgan fingerprint density at radius 3 is 2.30 bits per heavy atom. The standard InChI is InChI=1S/C22H22N2O6/c1-3-29-16-8-6-15(7-9-16)24-21(27)17-10-5-14(13-18(17)22(24)28)20(26)23-12-11-19(25)30-4-2/h5-10,13H,3-4,11-12H2,1-2H3,(H,23,26). The van der Waals surface area contributed by atoms with Crippen LogP contribution in [-0.2, 0) is 9.53 Å². The Kier molecular flexibility index (Phi) is 6.46. The molecule has 3 rings (SSSR count). The molecule has 30 heavy (non-hydrogen) atoms. The maximum atomic E-state index is 12.8. The van der Waals surface area contributed by atoms with Crippen LogP contribution in [0.4, 0.5) is 5.69 Å². The van der Waals surface area contributed by atoms with Crippen molar-refractivity contribution in [3.8, 4) is 5.75 Å². The predicted molar refractivity (Wildman–Crippen MR) is 109 cm³/mol. The Hall–Kier alpha value is -3.68. The monoisotopic (exact) mass is 410 g/mol. The molecule has 0 spiro atoms. The molecule has 0 saturated carbocycles. The van der Waals surface area contributed by atoms with Gasteiger partial charge in [0.2, 0.25) is 0 Å². The number of benzene rings is 2. The second-order valence-electron chi connectivity index (χ2n) is 6.44. The van der Waals surface area contributed by atoms with Crippen LogP contribution < -0.4 is 15.0 Å². The van der Waals surface area contributed by atoms with Crippen LogP contribution in [0.2, 0.25) is 0 Å². The molecule has 2 aromatic rings. The van der Waals surface area contributed by atoms with Crippen molar-refractivity contribution in [2.24, 2.45) is 0 Å². The zero-order valence-corrected chi connectivity index (χ0v) is 16.8. The number of esters is 1. The summed E-state index contributed by atoms with van der Waals surface area (Å²) in [5.74, 6) is -1.16. The van der Waals surface area contributed by atoms with Crippen LogP contribution in [0.1, 0.15) is 51.3 Å². The molecule has 8 nitrogen and oxygen atoms in total.